The van der Waals surface area contributed by atoms with Crippen molar-refractivity contribution in [2.75, 3.05) is 7.11 Å². The van der Waals surface area contributed by atoms with Crippen LogP contribution in [-0.4, -0.2) is 25.0 Å². The quantitative estimate of drug-likeness (QED) is 0.569. The molecule has 0 unspecified atom stereocenters. The number of rotatable bonds is 7. The first-order valence-electron chi connectivity index (χ1n) is 7.23. The van der Waals surface area contributed by atoms with E-state index >= 15 is 0 Å². The van der Waals surface area contributed by atoms with Crippen molar-refractivity contribution in [2.24, 2.45) is 0 Å². The molecule has 1 rings (SSSR count). The van der Waals surface area contributed by atoms with Gasteiger partial charge in [-0.2, -0.15) is 0 Å². The van der Waals surface area contributed by atoms with Gasteiger partial charge >= 0.3 is 5.97 Å². The molecule has 0 heterocycles. The van der Waals surface area contributed by atoms with Crippen LogP contribution in [0.5, 0.6) is 5.75 Å². The van der Waals surface area contributed by atoms with Crippen molar-refractivity contribution in [3.05, 3.63) is 28.8 Å². The number of hydrogen-bond acceptors (Lipinski definition) is 4. The molecule has 0 saturated carbocycles. The van der Waals surface area contributed by atoms with Crippen LogP contribution in [0.25, 0.3) is 0 Å². The zero-order valence-electron chi connectivity index (χ0n) is 13.5. The minimum Gasteiger partial charge on any atom is -0.491 e. The van der Waals surface area contributed by atoms with Crippen molar-refractivity contribution in [1.82, 2.24) is 0 Å². The number of benzene rings is 1. The maximum absolute atomic E-state index is 12.2. The third kappa shape index (κ3) is 5.21. The summed E-state index contributed by atoms with van der Waals surface area (Å²) < 4.78 is 10.3. The number of hydrogen-bond donors (Lipinski definition) is 0. The Morgan fingerprint density at radius 2 is 1.76 bits per heavy atom. The molecule has 0 fully saturated rings. The number of Topliss-reactive ketones (excluding diaryl/α,β-unsaturated/α-hetero) is 1. The second-order valence-electron chi connectivity index (χ2n) is 5.45. The van der Waals surface area contributed by atoms with Gasteiger partial charge in [0.15, 0.2) is 5.78 Å². The van der Waals surface area contributed by atoms with Gasteiger partial charge in [-0.15, -0.1) is 0 Å². The van der Waals surface area contributed by atoms with Crippen LogP contribution in [0.2, 0.25) is 0 Å². The van der Waals surface area contributed by atoms with Crippen LogP contribution in [0.1, 0.15) is 54.6 Å². The van der Waals surface area contributed by atoms with Gasteiger partial charge in [-0.3, -0.25) is 9.59 Å². The van der Waals surface area contributed by atoms with Gasteiger partial charge in [-0.25, -0.2) is 0 Å². The second kappa shape index (κ2) is 7.81. The summed E-state index contributed by atoms with van der Waals surface area (Å²) in [5, 5.41) is 0. The molecule has 0 aliphatic carbocycles. The van der Waals surface area contributed by atoms with Crippen molar-refractivity contribution in [1.29, 1.82) is 0 Å². The van der Waals surface area contributed by atoms with Crippen LogP contribution in [0.3, 0.4) is 0 Å². The summed E-state index contributed by atoms with van der Waals surface area (Å²) in [6.07, 6.45) is 1.23. The third-order valence-electron chi connectivity index (χ3n) is 3.20. The Morgan fingerprint density at radius 1 is 1.10 bits per heavy atom. The largest absolute Gasteiger partial charge is 0.491 e. The molecular formula is C17H24O4. The van der Waals surface area contributed by atoms with Crippen molar-refractivity contribution in [3.63, 3.8) is 0 Å². The number of ketones is 1. The number of carbonyl (C=O) groups is 2. The topological polar surface area (TPSA) is 52.6 Å². The van der Waals surface area contributed by atoms with Gasteiger partial charge in [0, 0.05) is 18.4 Å². The first-order valence-corrected chi connectivity index (χ1v) is 7.23. The van der Waals surface area contributed by atoms with E-state index in [1.165, 1.54) is 7.11 Å². The summed E-state index contributed by atoms with van der Waals surface area (Å²) in [7, 11) is 1.35. The fraction of sp³-hybridized carbons (Fsp3) is 0.529. The van der Waals surface area contributed by atoms with Crippen LogP contribution in [0.15, 0.2) is 12.1 Å². The first kappa shape index (κ1) is 17.2. The molecule has 21 heavy (non-hydrogen) atoms. The Labute approximate surface area is 126 Å². The maximum atomic E-state index is 12.2. The fourth-order valence-corrected chi connectivity index (χ4v) is 2.10. The molecule has 0 amide bonds. The van der Waals surface area contributed by atoms with Crippen molar-refractivity contribution in [2.45, 2.75) is 53.1 Å². The lowest BCUT2D eigenvalue weighted by molar-refractivity contribution is -0.140. The number of carbonyl (C=O) groups excluding carboxylic acids is 2. The minimum absolute atomic E-state index is 0.0515. The Morgan fingerprint density at radius 3 is 2.33 bits per heavy atom. The number of ether oxygens (including phenoxy) is 2. The molecule has 0 radical (unpaired) electrons. The molecule has 0 bridgehead atoms. The molecule has 0 saturated heterocycles. The van der Waals surface area contributed by atoms with Gasteiger partial charge in [0.1, 0.15) is 5.75 Å². The van der Waals surface area contributed by atoms with E-state index in [1.807, 2.05) is 39.8 Å². The molecule has 4 nitrogen and oxygen atoms in total. The van der Waals surface area contributed by atoms with Crippen molar-refractivity contribution in [3.8, 4) is 5.75 Å². The van der Waals surface area contributed by atoms with Crippen LogP contribution < -0.4 is 4.74 Å². The van der Waals surface area contributed by atoms with Crippen LogP contribution in [0.4, 0.5) is 0 Å². The minimum atomic E-state index is -0.281. The van der Waals surface area contributed by atoms with Gasteiger partial charge in [-0.1, -0.05) is 0 Å². The summed E-state index contributed by atoms with van der Waals surface area (Å²) in [5.74, 6) is 0.584. The highest BCUT2D eigenvalue weighted by Crippen LogP contribution is 2.25. The monoisotopic (exact) mass is 292 g/mol. The van der Waals surface area contributed by atoms with E-state index in [4.69, 9.17) is 4.74 Å². The molecule has 1 aromatic rings. The predicted octanol–water partition coefficient (Wildman–Crippen LogP) is 3.62. The SMILES string of the molecule is COC(=O)CCCC(=O)c1cc(C)c(OC(C)C)cc1C. The predicted molar refractivity (Wildman–Crippen MR) is 81.9 cm³/mol. The van der Waals surface area contributed by atoms with Crippen molar-refractivity contribution >= 4 is 11.8 Å². The lowest BCUT2D eigenvalue weighted by Crippen LogP contribution is -2.09. The van der Waals surface area contributed by atoms with Crippen LogP contribution >= 0.6 is 0 Å². The zero-order chi connectivity index (χ0) is 16.0. The Kier molecular flexibility index (Phi) is 6.40. The molecule has 0 N–H and O–H groups in total. The fourth-order valence-electron chi connectivity index (χ4n) is 2.10. The van der Waals surface area contributed by atoms with Crippen molar-refractivity contribution < 1.29 is 19.1 Å². The molecule has 0 aromatic heterocycles. The number of esters is 1. The lowest BCUT2D eigenvalue weighted by atomic mass is 9.98. The summed E-state index contributed by atoms with van der Waals surface area (Å²) in [4.78, 5) is 23.3. The number of methoxy groups -OCH3 is 1. The molecular weight excluding hydrogens is 268 g/mol. The Hall–Kier alpha value is -1.84. The van der Waals surface area contributed by atoms with E-state index in [0.717, 1.165) is 16.9 Å². The Balaban J connectivity index is 2.76. The molecule has 1 aromatic carbocycles. The van der Waals surface area contributed by atoms with E-state index in [9.17, 15) is 9.59 Å². The summed E-state index contributed by atoms with van der Waals surface area (Å²) in [6.45, 7) is 7.78. The highest BCUT2D eigenvalue weighted by atomic mass is 16.5. The zero-order valence-corrected chi connectivity index (χ0v) is 13.5. The average molecular weight is 292 g/mol. The van der Waals surface area contributed by atoms with E-state index in [0.29, 0.717) is 18.4 Å². The molecule has 116 valence electrons. The molecule has 0 spiro atoms. The van der Waals surface area contributed by atoms with E-state index in [1.54, 1.807) is 0 Å². The smallest absolute Gasteiger partial charge is 0.305 e. The van der Waals surface area contributed by atoms with Crippen LogP contribution in [0, 0.1) is 13.8 Å². The standard InChI is InChI=1S/C17H24O4/c1-11(2)21-16-10-12(3)14(9-13(16)4)15(18)7-6-8-17(19)20-5/h9-11H,6-8H2,1-5H3. The van der Waals surface area contributed by atoms with Gasteiger partial charge in [-0.05, 0) is 57.4 Å². The van der Waals surface area contributed by atoms with E-state index in [-0.39, 0.29) is 24.3 Å². The molecule has 0 atom stereocenters. The van der Waals surface area contributed by atoms with Gasteiger partial charge in [0.2, 0.25) is 0 Å². The highest BCUT2D eigenvalue weighted by molar-refractivity contribution is 5.98. The first-order chi connectivity index (χ1) is 9.85. The summed E-state index contributed by atoms with van der Waals surface area (Å²) >= 11 is 0. The highest BCUT2D eigenvalue weighted by Gasteiger charge is 2.13. The van der Waals surface area contributed by atoms with E-state index < -0.39 is 0 Å². The summed E-state index contributed by atoms with van der Waals surface area (Å²) in [5.41, 5.74) is 2.55. The van der Waals surface area contributed by atoms with Gasteiger partial charge in [0.25, 0.3) is 0 Å². The third-order valence-corrected chi connectivity index (χ3v) is 3.20. The molecule has 0 aliphatic rings. The Bertz CT molecular complexity index is 518. The van der Waals surface area contributed by atoms with Gasteiger partial charge in [0.05, 0.1) is 13.2 Å². The van der Waals surface area contributed by atoms with Gasteiger partial charge < -0.3 is 9.47 Å². The number of aryl methyl sites for hydroxylation is 2. The van der Waals surface area contributed by atoms with Crippen LogP contribution in [-0.2, 0) is 9.53 Å². The normalized spacial score (nSPS) is 10.6. The lowest BCUT2D eigenvalue weighted by Gasteiger charge is -2.15. The molecule has 0 aliphatic heterocycles. The van der Waals surface area contributed by atoms with E-state index in [2.05, 4.69) is 4.74 Å². The average Bonchev–Trinajstić information content (AvgIpc) is 2.41. The summed E-state index contributed by atoms with van der Waals surface area (Å²) in [6, 6.07) is 3.77. The maximum Gasteiger partial charge on any atom is 0.305 e. The molecule has 4 heteroatoms. The second-order valence-corrected chi connectivity index (χ2v) is 5.45.